The van der Waals surface area contributed by atoms with Gasteiger partial charge in [0.15, 0.2) is 0 Å². The number of ether oxygens (including phenoxy) is 1. The lowest BCUT2D eigenvalue weighted by molar-refractivity contribution is 0.0488. The molecule has 12 heteroatoms. The Kier molecular flexibility index (Phi) is 7.76. The molecule has 0 radical (unpaired) electrons. The van der Waals surface area contributed by atoms with Gasteiger partial charge in [0.1, 0.15) is 23.3 Å². The van der Waals surface area contributed by atoms with Crippen LogP contribution in [0.4, 0.5) is 22.1 Å². The van der Waals surface area contributed by atoms with Crippen LogP contribution in [0.2, 0.25) is 0 Å². The minimum atomic E-state index is -0.727. The minimum absolute atomic E-state index is 0.0711. The molecule has 2 amide bonds. The molecule has 1 aliphatic rings. The fraction of sp³-hybridized carbons (Fsp3) is 0.385. The third-order valence-corrected chi connectivity index (χ3v) is 5.96. The topological polar surface area (TPSA) is 173 Å². The third kappa shape index (κ3) is 6.56. The molecule has 2 atom stereocenters. The fourth-order valence-corrected chi connectivity index (χ4v) is 4.30. The van der Waals surface area contributed by atoms with Crippen LogP contribution < -0.4 is 21.7 Å². The molecule has 1 fully saturated rings. The number of alkyl carbamates (subject to hydrolysis) is 1. The van der Waals surface area contributed by atoms with Crippen molar-refractivity contribution in [3.8, 4) is 11.8 Å². The normalized spacial score (nSPS) is 17.2. The molecule has 12 nitrogen and oxygen atoms in total. The number of primary amides is 1. The van der Waals surface area contributed by atoms with E-state index in [2.05, 4.69) is 37.2 Å². The van der Waals surface area contributed by atoms with E-state index in [-0.39, 0.29) is 34.8 Å². The number of carbonyl (C=O) groups excluding carboxylic acids is 2. The largest absolute Gasteiger partial charge is 0.444 e. The summed E-state index contributed by atoms with van der Waals surface area (Å²) >= 11 is 0. The number of hydrogen-bond donors (Lipinski definition) is 4. The van der Waals surface area contributed by atoms with Crippen molar-refractivity contribution < 1.29 is 14.3 Å². The zero-order valence-electron chi connectivity index (χ0n) is 21.6. The first kappa shape index (κ1) is 26.4. The summed E-state index contributed by atoms with van der Waals surface area (Å²) in [6.45, 7) is 5.42. The molecule has 0 unspecified atom stereocenters. The number of hydrogen-bond acceptors (Lipinski definition) is 9. The number of benzene rings is 1. The maximum Gasteiger partial charge on any atom is 0.407 e. The minimum Gasteiger partial charge on any atom is -0.444 e. The summed E-state index contributed by atoms with van der Waals surface area (Å²) in [6, 6.07) is 10.3. The first-order chi connectivity index (χ1) is 18.1. The number of rotatable bonds is 7. The van der Waals surface area contributed by atoms with E-state index in [1.165, 1.54) is 10.9 Å². The average molecular weight is 518 g/mol. The fourth-order valence-electron chi connectivity index (χ4n) is 4.30. The van der Waals surface area contributed by atoms with E-state index in [0.717, 1.165) is 25.7 Å². The second-order valence-corrected chi connectivity index (χ2v) is 10.0. The number of carbonyl (C=O) groups is 2. The van der Waals surface area contributed by atoms with Gasteiger partial charge in [-0.05, 0) is 57.9 Å². The van der Waals surface area contributed by atoms with Crippen molar-refractivity contribution >= 4 is 29.3 Å². The third-order valence-electron chi connectivity index (χ3n) is 5.96. The predicted molar refractivity (Wildman–Crippen MR) is 141 cm³/mol. The Hall–Kier alpha value is -4.66. The standard InChI is InChI=1S/C26H31N9O3/c1-26(2,3)38-25(37)33-21-10-5-4-9-20(21)32-23-16(15-27)13-19(22(28)36)24(34-23)31-17-7-6-8-18(14-17)35-29-11-12-30-35/h6-8,11-14,20-21H,4-5,9-10H2,1-3H3,(H2,28,36)(H,33,37)(H2,31,32,34)/t20-,21+/m1/s1. The Balaban J connectivity index is 1.61. The van der Waals surface area contributed by atoms with Gasteiger partial charge in [0.25, 0.3) is 5.91 Å². The Morgan fingerprint density at radius 1 is 1.11 bits per heavy atom. The average Bonchev–Trinajstić information content (AvgIpc) is 3.39. The summed E-state index contributed by atoms with van der Waals surface area (Å²) in [5.41, 5.74) is 6.56. The molecular formula is C26H31N9O3. The molecule has 38 heavy (non-hydrogen) atoms. The number of pyridine rings is 1. The van der Waals surface area contributed by atoms with Crippen LogP contribution in [-0.4, -0.2) is 49.7 Å². The molecule has 1 saturated carbocycles. The molecule has 3 aromatic rings. The highest BCUT2D eigenvalue weighted by Crippen LogP contribution is 2.28. The Morgan fingerprint density at radius 3 is 2.47 bits per heavy atom. The van der Waals surface area contributed by atoms with Crippen molar-refractivity contribution in [2.45, 2.75) is 64.1 Å². The lowest BCUT2D eigenvalue weighted by Gasteiger charge is -2.34. The second kappa shape index (κ2) is 11.2. The van der Waals surface area contributed by atoms with Crippen LogP contribution in [0.3, 0.4) is 0 Å². The maximum atomic E-state index is 12.4. The SMILES string of the molecule is CC(C)(C)OC(=O)N[C@H]1CCCC[C@H]1Nc1nc(Nc2cccc(-n3nccn3)c2)c(C(N)=O)cc1C#N. The molecule has 198 valence electrons. The number of nitrogens with two attached hydrogens (primary N) is 1. The molecule has 4 rings (SSSR count). The van der Waals surface area contributed by atoms with E-state index in [1.54, 1.807) is 24.5 Å². The smallest absolute Gasteiger partial charge is 0.407 e. The van der Waals surface area contributed by atoms with E-state index < -0.39 is 17.6 Å². The van der Waals surface area contributed by atoms with Gasteiger partial charge in [-0.25, -0.2) is 9.78 Å². The highest BCUT2D eigenvalue weighted by Gasteiger charge is 2.30. The highest BCUT2D eigenvalue weighted by atomic mass is 16.6. The van der Waals surface area contributed by atoms with Gasteiger partial charge in [-0.2, -0.15) is 20.3 Å². The van der Waals surface area contributed by atoms with Crippen LogP contribution in [0.15, 0.2) is 42.7 Å². The summed E-state index contributed by atoms with van der Waals surface area (Å²) in [5.74, 6) is -0.250. The van der Waals surface area contributed by atoms with Crippen molar-refractivity contribution in [3.63, 3.8) is 0 Å². The summed E-state index contributed by atoms with van der Waals surface area (Å²) in [6.07, 6.45) is 6.05. The van der Waals surface area contributed by atoms with Gasteiger partial charge in [-0.3, -0.25) is 4.79 Å². The van der Waals surface area contributed by atoms with E-state index in [4.69, 9.17) is 10.5 Å². The van der Waals surface area contributed by atoms with Gasteiger partial charge < -0.3 is 26.4 Å². The van der Waals surface area contributed by atoms with Crippen LogP contribution in [-0.2, 0) is 4.74 Å². The number of nitrogens with one attached hydrogen (secondary N) is 3. The Labute approximate surface area is 220 Å². The number of aromatic nitrogens is 4. The number of amides is 2. The molecule has 2 heterocycles. The first-order valence-corrected chi connectivity index (χ1v) is 12.4. The van der Waals surface area contributed by atoms with Crippen molar-refractivity contribution in [1.82, 2.24) is 25.3 Å². The van der Waals surface area contributed by atoms with E-state index >= 15 is 0 Å². The summed E-state index contributed by atoms with van der Waals surface area (Å²) in [5, 5.41) is 27.5. The van der Waals surface area contributed by atoms with Gasteiger partial charge in [0.2, 0.25) is 0 Å². The van der Waals surface area contributed by atoms with Crippen molar-refractivity contribution in [1.29, 1.82) is 5.26 Å². The van der Waals surface area contributed by atoms with Gasteiger partial charge >= 0.3 is 6.09 Å². The molecule has 0 bridgehead atoms. The number of nitrogens with zero attached hydrogens (tertiary/aromatic N) is 5. The van der Waals surface area contributed by atoms with Crippen molar-refractivity contribution in [3.05, 3.63) is 53.9 Å². The van der Waals surface area contributed by atoms with Crippen molar-refractivity contribution in [2.24, 2.45) is 5.73 Å². The highest BCUT2D eigenvalue weighted by molar-refractivity contribution is 5.99. The van der Waals surface area contributed by atoms with E-state index in [1.807, 2.05) is 32.9 Å². The lowest BCUT2D eigenvalue weighted by Crippen LogP contribution is -2.50. The zero-order chi connectivity index (χ0) is 27.3. The molecule has 1 aromatic carbocycles. The molecule has 0 saturated heterocycles. The first-order valence-electron chi connectivity index (χ1n) is 12.4. The molecular weight excluding hydrogens is 486 g/mol. The summed E-state index contributed by atoms with van der Waals surface area (Å²) in [4.78, 5) is 30.7. The molecule has 2 aromatic heterocycles. The van der Waals surface area contributed by atoms with Crippen LogP contribution >= 0.6 is 0 Å². The van der Waals surface area contributed by atoms with Crippen molar-refractivity contribution in [2.75, 3.05) is 10.6 Å². The molecule has 0 aliphatic heterocycles. The monoisotopic (exact) mass is 517 g/mol. The van der Waals surface area contributed by atoms with E-state index in [0.29, 0.717) is 11.4 Å². The van der Waals surface area contributed by atoms with Gasteiger partial charge in [0, 0.05) is 11.7 Å². The quantitative estimate of drug-likeness (QED) is 0.365. The van der Waals surface area contributed by atoms with Gasteiger partial charge in [-0.15, -0.1) is 0 Å². The number of anilines is 3. The Bertz CT molecular complexity index is 1340. The molecule has 1 aliphatic carbocycles. The van der Waals surface area contributed by atoms with E-state index in [9.17, 15) is 14.9 Å². The molecule has 5 N–H and O–H groups in total. The number of nitriles is 1. The zero-order valence-corrected chi connectivity index (χ0v) is 21.6. The summed E-state index contributed by atoms with van der Waals surface area (Å²) in [7, 11) is 0. The van der Waals surface area contributed by atoms with Crippen LogP contribution in [0.25, 0.3) is 5.69 Å². The maximum absolute atomic E-state index is 12.4. The molecule has 0 spiro atoms. The van der Waals surface area contributed by atoms with Gasteiger partial charge in [-0.1, -0.05) is 18.9 Å². The second-order valence-electron chi connectivity index (χ2n) is 10.0. The van der Waals surface area contributed by atoms with Crippen LogP contribution in [0, 0.1) is 11.3 Å². The predicted octanol–water partition coefficient (Wildman–Crippen LogP) is 3.62. The summed E-state index contributed by atoms with van der Waals surface area (Å²) < 4.78 is 5.43. The van der Waals surface area contributed by atoms with Crippen LogP contribution in [0.1, 0.15) is 62.4 Å². The van der Waals surface area contributed by atoms with Crippen LogP contribution in [0.5, 0.6) is 0 Å². The van der Waals surface area contributed by atoms with Gasteiger partial charge in [0.05, 0.1) is 35.2 Å². The lowest BCUT2D eigenvalue weighted by atomic mass is 9.90. The Morgan fingerprint density at radius 2 is 1.82 bits per heavy atom.